The molecule has 3 heterocycles. The fraction of sp³-hybridized carbons (Fsp3) is 0.524. The molecule has 0 spiro atoms. The molecule has 7 nitrogen and oxygen atoms in total. The van der Waals surface area contributed by atoms with Crippen molar-refractivity contribution in [2.24, 2.45) is 0 Å². The first-order valence-electron chi connectivity index (χ1n) is 10.5. The predicted octanol–water partition coefficient (Wildman–Crippen LogP) is 3.30. The van der Waals surface area contributed by atoms with Gasteiger partial charge in [-0.3, -0.25) is 0 Å². The van der Waals surface area contributed by atoms with Crippen molar-refractivity contribution in [3.8, 4) is 17.0 Å². The third kappa shape index (κ3) is 4.77. The molecule has 180 valence electrons. The minimum absolute atomic E-state index is 0.100. The molecule has 1 saturated heterocycles. The van der Waals surface area contributed by atoms with Crippen molar-refractivity contribution >= 4 is 15.8 Å². The third-order valence-electron chi connectivity index (χ3n) is 6.09. The van der Waals surface area contributed by atoms with Gasteiger partial charge in [0, 0.05) is 31.2 Å². The van der Waals surface area contributed by atoms with Crippen LogP contribution in [0.2, 0.25) is 0 Å². The summed E-state index contributed by atoms with van der Waals surface area (Å²) in [6.07, 6.45) is -3.27. The van der Waals surface area contributed by atoms with Crippen LogP contribution in [-0.2, 0) is 22.6 Å². The van der Waals surface area contributed by atoms with Gasteiger partial charge in [0.05, 0.1) is 17.5 Å². The van der Waals surface area contributed by atoms with Crippen LogP contribution in [0.4, 0.5) is 23.4 Å². The number of aromatic hydroxyl groups is 1. The number of halogens is 4. The van der Waals surface area contributed by atoms with E-state index in [9.17, 15) is 31.1 Å². The van der Waals surface area contributed by atoms with Crippen LogP contribution in [0.5, 0.6) is 5.75 Å². The Morgan fingerprint density at radius 2 is 1.94 bits per heavy atom. The molecule has 2 atom stereocenters. The first kappa shape index (κ1) is 23.7. The van der Waals surface area contributed by atoms with Gasteiger partial charge in [-0.05, 0) is 55.5 Å². The highest BCUT2D eigenvalue weighted by Crippen LogP contribution is 2.39. The maximum absolute atomic E-state index is 14.0. The lowest BCUT2D eigenvalue weighted by Crippen LogP contribution is -2.44. The summed E-state index contributed by atoms with van der Waals surface area (Å²) in [7, 11) is -3.56. The molecule has 0 bridgehead atoms. The molecular formula is C21H24F4N4O3S. The van der Waals surface area contributed by atoms with Crippen LogP contribution in [0.1, 0.15) is 29.5 Å². The number of hydrogen-bond donors (Lipinski definition) is 1. The Kier molecular flexibility index (Phi) is 6.02. The summed E-state index contributed by atoms with van der Waals surface area (Å²) in [5, 5.41) is 18.7. The van der Waals surface area contributed by atoms with Crippen LogP contribution >= 0.6 is 0 Å². The zero-order valence-electron chi connectivity index (χ0n) is 18.1. The second-order valence-corrected chi connectivity index (χ2v) is 10.6. The van der Waals surface area contributed by atoms with Crippen LogP contribution in [-0.4, -0.2) is 66.1 Å². The van der Waals surface area contributed by atoms with Crippen molar-refractivity contribution in [2.75, 3.05) is 30.8 Å². The summed E-state index contributed by atoms with van der Waals surface area (Å²) in [4.78, 5) is 1.87. The molecule has 12 heteroatoms. The molecule has 4 rings (SSSR count). The average Bonchev–Trinajstić information content (AvgIpc) is 3.07. The number of sulfonamides is 1. The van der Waals surface area contributed by atoms with E-state index in [1.54, 1.807) is 6.07 Å². The van der Waals surface area contributed by atoms with Gasteiger partial charge in [-0.2, -0.15) is 17.5 Å². The number of aryl methyl sites for hydroxylation is 2. The van der Waals surface area contributed by atoms with Crippen molar-refractivity contribution in [1.29, 1.82) is 0 Å². The summed E-state index contributed by atoms with van der Waals surface area (Å²) in [6.45, 7) is 2.15. The molecule has 33 heavy (non-hydrogen) atoms. The number of fused-ring (bicyclic) bond motifs is 1. The summed E-state index contributed by atoms with van der Waals surface area (Å²) in [5.41, 5.74) is 0.478. The number of rotatable bonds is 4. The van der Waals surface area contributed by atoms with Crippen LogP contribution in [0.25, 0.3) is 11.3 Å². The Morgan fingerprint density at radius 1 is 1.21 bits per heavy atom. The molecule has 0 saturated carbocycles. The van der Waals surface area contributed by atoms with Crippen molar-refractivity contribution < 1.29 is 31.1 Å². The molecule has 0 radical (unpaired) electrons. The molecule has 1 aromatic heterocycles. The number of phenols is 1. The van der Waals surface area contributed by atoms with Gasteiger partial charge in [0.2, 0.25) is 10.0 Å². The Balaban J connectivity index is 1.63. The first-order valence-corrected chi connectivity index (χ1v) is 12.3. The van der Waals surface area contributed by atoms with E-state index in [1.165, 1.54) is 11.2 Å². The Hall–Kier alpha value is -2.47. The number of phenolic OH excluding ortho intramolecular Hbond substituents is 1. The first-order chi connectivity index (χ1) is 15.3. The number of anilines is 1. The maximum atomic E-state index is 14.0. The zero-order valence-corrected chi connectivity index (χ0v) is 18.9. The lowest BCUT2D eigenvalue weighted by molar-refractivity contribution is -0.137. The zero-order chi connectivity index (χ0) is 24.1. The summed E-state index contributed by atoms with van der Waals surface area (Å²) in [6, 6.07) is 2.78. The minimum Gasteiger partial charge on any atom is -0.507 e. The molecule has 2 aliphatic rings. The fourth-order valence-electron chi connectivity index (χ4n) is 4.66. The highest BCUT2D eigenvalue weighted by atomic mass is 32.2. The van der Waals surface area contributed by atoms with E-state index in [0.717, 1.165) is 24.3 Å². The van der Waals surface area contributed by atoms with Crippen LogP contribution in [0.3, 0.4) is 0 Å². The topological polar surface area (TPSA) is 86.6 Å². The van der Waals surface area contributed by atoms with Crippen LogP contribution in [0, 0.1) is 6.92 Å². The third-order valence-corrected chi connectivity index (χ3v) is 7.39. The number of alkyl halides is 4. The van der Waals surface area contributed by atoms with E-state index < -0.39 is 39.7 Å². The van der Waals surface area contributed by atoms with E-state index in [2.05, 4.69) is 10.2 Å². The maximum Gasteiger partial charge on any atom is 0.416 e. The van der Waals surface area contributed by atoms with Gasteiger partial charge in [-0.15, -0.1) is 10.2 Å². The normalized spacial score (nSPS) is 21.9. The van der Waals surface area contributed by atoms with Crippen LogP contribution < -0.4 is 4.90 Å². The quantitative estimate of drug-likeness (QED) is 0.665. The number of hydrogen-bond acceptors (Lipinski definition) is 6. The SMILES string of the molecule is Cc1cc(C(F)(F)F)cc(O)c1-c1cc2c(nn1)N(C[C@@H]1C[C@H](F)CN1S(C)(=O)=O)CCC2. The second-order valence-electron chi connectivity index (χ2n) is 8.63. The number of aromatic nitrogens is 2. The van der Waals surface area contributed by atoms with Crippen molar-refractivity contribution in [2.45, 2.75) is 44.6 Å². The highest BCUT2D eigenvalue weighted by Gasteiger charge is 2.39. The van der Waals surface area contributed by atoms with E-state index >= 15 is 0 Å². The Morgan fingerprint density at radius 3 is 2.58 bits per heavy atom. The lowest BCUT2D eigenvalue weighted by atomic mass is 9.98. The van der Waals surface area contributed by atoms with Gasteiger partial charge in [0.25, 0.3) is 0 Å². The molecule has 1 N–H and O–H groups in total. The molecular weight excluding hydrogens is 464 g/mol. The second kappa shape index (κ2) is 8.39. The van der Waals surface area contributed by atoms with E-state index in [-0.39, 0.29) is 36.3 Å². The van der Waals surface area contributed by atoms with Gasteiger partial charge in [-0.1, -0.05) is 0 Å². The standard InChI is InChI=1S/C21H24F4N4O3S/c1-12-6-14(21(23,24)25)8-18(30)19(12)17-7-13-4-3-5-28(20(13)27-26-17)11-16-9-15(22)10-29(16)33(2,31)32/h6-8,15-16,30H,3-5,9-11H2,1-2H3/t15-,16-/m0/s1. The van der Waals surface area contributed by atoms with E-state index in [0.29, 0.717) is 24.8 Å². The van der Waals surface area contributed by atoms with Crippen molar-refractivity contribution in [3.05, 3.63) is 34.9 Å². The van der Waals surface area contributed by atoms with Gasteiger partial charge >= 0.3 is 6.18 Å². The smallest absolute Gasteiger partial charge is 0.416 e. The Labute approximate surface area is 189 Å². The lowest BCUT2D eigenvalue weighted by Gasteiger charge is -2.33. The van der Waals surface area contributed by atoms with Crippen molar-refractivity contribution in [1.82, 2.24) is 14.5 Å². The average molecular weight is 489 g/mol. The number of benzene rings is 1. The predicted molar refractivity (Wildman–Crippen MR) is 114 cm³/mol. The van der Waals surface area contributed by atoms with Gasteiger partial charge in [-0.25, -0.2) is 12.8 Å². The summed E-state index contributed by atoms with van der Waals surface area (Å²) < 4.78 is 78.3. The monoisotopic (exact) mass is 488 g/mol. The van der Waals surface area contributed by atoms with Crippen LogP contribution in [0.15, 0.2) is 18.2 Å². The molecule has 2 aromatic rings. The molecule has 0 aliphatic carbocycles. The summed E-state index contributed by atoms with van der Waals surface area (Å²) in [5.74, 6) is -0.00204. The summed E-state index contributed by atoms with van der Waals surface area (Å²) >= 11 is 0. The highest BCUT2D eigenvalue weighted by molar-refractivity contribution is 7.88. The van der Waals surface area contributed by atoms with E-state index in [1.807, 2.05) is 4.90 Å². The largest absolute Gasteiger partial charge is 0.507 e. The van der Waals surface area contributed by atoms with Gasteiger partial charge in [0.1, 0.15) is 11.9 Å². The fourth-order valence-corrected chi connectivity index (χ4v) is 5.79. The molecule has 1 aromatic carbocycles. The van der Waals surface area contributed by atoms with Crippen molar-refractivity contribution in [3.63, 3.8) is 0 Å². The minimum atomic E-state index is -4.58. The Bertz CT molecular complexity index is 1150. The molecule has 0 unspecified atom stereocenters. The van der Waals surface area contributed by atoms with Gasteiger partial charge in [0.15, 0.2) is 5.82 Å². The van der Waals surface area contributed by atoms with E-state index in [4.69, 9.17) is 0 Å². The number of nitrogens with zero attached hydrogens (tertiary/aromatic N) is 4. The molecule has 2 aliphatic heterocycles. The van der Waals surface area contributed by atoms with Gasteiger partial charge < -0.3 is 10.0 Å². The molecule has 0 amide bonds. The molecule has 1 fully saturated rings.